The third-order valence-electron chi connectivity index (χ3n) is 3.09. The van der Waals surface area contributed by atoms with Gasteiger partial charge >= 0.3 is 0 Å². The monoisotopic (exact) mass is 319 g/mol. The number of hydrogen-bond acceptors (Lipinski definition) is 7. The molecule has 1 amide bonds. The highest BCUT2D eigenvalue weighted by molar-refractivity contribution is 7.12. The molecule has 2 N–H and O–H groups in total. The third kappa shape index (κ3) is 2.76. The molecule has 0 aliphatic rings. The lowest BCUT2D eigenvalue weighted by atomic mass is 10.0. The number of carbonyl (C=O) groups excluding carboxylic acids is 1. The van der Waals surface area contributed by atoms with Crippen LogP contribution in [-0.2, 0) is 5.60 Å². The van der Waals surface area contributed by atoms with Crippen molar-refractivity contribution >= 4 is 17.2 Å². The van der Waals surface area contributed by atoms with Gasteiger partial charge in [-0.25, -0.2) is 0 Å². The number of nitrogens with zero attached hydrogens (tertiary/aromatic N) is 4. The van der Waals surface area contributed by atoms with Crippen molar-refractivity contribution in [2.24, 2.45) is 0 Å². The topological polar surface area (TPSA) is 106 Å². The van der Waals surface area contributed by atoms with Gasteiger partial charge in [0, 0.05) is 0 Å². The lowest BCUT2D eigenvalue weighted by Gasteiger charge is -2.21. The first-order chi connectivity index (χ1) is 10.6. The Balaban J connectivity index is 1.72. The molecule has 3 rings (SSSR count). The SMILES string of the molecule is CC(O)(CNC(=O)c1sccc1-n1cnnn1)c1ccco1. The molecular formula is C13H13N5O3S. The molecule has 1 atom stereocenters. The summed E-state index contributed by atoms with van der Waals surface area (Å²) in [6.45, 7) is 1.59. The van der Waals surface area contributed by atoms with Crippen LogP contribution < -0.4 is 5.32 Å². The molecule has 22 heavy (non-hydrogen) atoms. The van der Waals surface area contributed by atoms with Crippen LogP contribution in [0.25, 0.3) is 5.69 Å². The highest BCUT2D eigenvalue weighted by Crippen LogP contribution is 2.22. The summed E-state index contributed by atoms with van der Waals surface area (Å²) in [5.41, 5.74) is -0.698. The summed E-state index contributed by atoms with van der Waals surface area (Å²) in [6, 6.07) is 5.09. The Morgan fingerprint density at radius 1 is 1.55 bits per heavy atom. The Morgan fingerprint density at radius 2 is 2.41 bits per heavy atom. The van der Waals surface area contributed by atoms with Gasteiger partial charge in [-0.3, -0.25) is 4.79 Å². The normalized spacial score (nSPS) is 13.7. The Kier molecular flexibility index (Phi) is 3.73. The van der Waals surface area contributed by atoms with E-state index in [2.05, 4.69) is 20.8 Å². The molecule has 0 spiro atoms. The van der Waals surface area contributed by atoms with E-state index in [1.165, 1.54) is 28.6 Å². The lowest BCUT2D eigenvalue weighted by Crippen LogP contribution is -2.38. The van der Waals surface area contributed by atoms with Crippen molar-refractivity contribution in [2.75, 3.05) is 6.54 Å². The van der Waals surface area contributed by atoms with Crippen molar-refractivity contribution in [1.82, 2.24) is 25.5 Å². The predicted octanol–water partition coefficient (Wildman–Crippen LogP) is 0.954. The molecule has 0 aliphatic heterocycles. The molecule has 3 heterocycles. The molecule has 0 fully saturated rings. The lowest BCUT2D eigenvalue weighted by molar-refractivity contribution is 0.0331. The van der Waals surface area contributed by atoms with Gasteiger partial charge in [-0.2, -0.15) is 4.68 Å². The van der Waals surface area contributed by atoms with Crippen molar-refractivity contribution in [3.63, 3.8) is 0 Å². The smallest absolute Gasteiger partial charge is 0.263 e. The summed E-state index contributed by atoms with van der Waals surface area (Å²) in [7, 11) is 0. The van der Waals surface area contributed by atoms with Crippen LogP contribution >= 0.6 is 11.3 Å². The first-order valence-corrected chi connectivity index (χ1v) is 7.31. The summed E-state index contributed by atoms with van der Waals surface area (Å²) >= 11 is 1.27. The average molecular weight is 319 g/mol. The van der Waals surface area contributed by atoms with Gasteiger partial charge in [0.15, 0.2) is 0 Å². The van der Waals surface area contributed by atoms with Gasteiger partial charge in [0.25, 0.3) is 5.91 Å². The van der Waals surface area contributed by atoms with E-state index in [0.717, 1.165) is 0 Å². The number of thiophene rings is 1. The van der Waals surface area contributed by atoms with Crippen LogP contribution in [0, 0.1) is 0 Å². The summed E-state index contributed by atoms with van der Waals surface area (Å²) in [5, 5.41) is 25.7. The van der Waals surface area contributed by atoms with Gasteiger partial charge in [0.1, 0.15) is 22.6 Å². The Hall–Kier alpha value is -2.52. The second-order valence-electron chi connectivity index (χ2n) is 4.82. The Bertz CT molecular complexity index is 749. The van der Waals surface area contributed by atoms with E-state index < -0.39 is 5.60 Å². The molecule has 0 bridgehead atoms. The number of nitrogens with one attached hydrogen (secondary N) is 1. The van der Waals surface area contributed by atoms with Crippen molar-refractivity contribution in [1.29, 1.82) is 0 Å². The zero-order valence-corrected chi connectivity index (χ0v) is 12.4. The van der Waals surface area contributed by atoms with Crippen molar-refractivity contribution < 1.29 is 14.3 Å². The number of amides is 1. The van der Waals surface area contributed by atoms with Gasteiger partial charge in [-0.05, 0) is 40.9 Å². The van der Waals surface area contributed by atoms with Crippen LogP contribution in [0.5, 0.6) is 0 Å². The Morgan fingerprint density at radius 3 is 3.09 bits per heavy atom. The van der Waals surface area contributed by atoms with E-state index in [4.69, 9.17) is 4.42 Å². The van der Waals surface area contributed by atoms with Crippen LogP contribution in [-0.4, -0.2) is 37.8 Å². The first-order valence-electron chi connectivity index (χ1n) is 6.43. The standard InChI is InChI=1S/C13H13N5O3S/c1-13(20,10-3-2-5-21-10)7-14-12(19)11-9(4-6-22-11)18-8-15-16-17-18/h2-6,8,20H,7H2,1H3,(H,14,19). The zero-order chi connectivity index (χ0) is 15.6. The van der Waals surface area contributed by atoms with E-state index in [-0.39, 0.29) is 12.5 Å². The molecule has 0 aliphatic carbocycles. The van der Waals surface area contributed by atoms with Crippen LogP contribution in [0.2, 0.25) is 0 Å². The van der Waals surface area contributed by atoms with Crippen LogP contribution in [0.1, 0.15) is 22.4 Å². The second-order valence-corrected chi connectivity index (χ2v) is 5.74. The fraction of sp³-hybridized carbons (Fsp3) is 0.231. The largest absolute Gasteiger partial charge is 0.466 e. The molecule has 3 aromatic rings. The van der Waals surface area contributed by atoms with E-state index >= 15 is 0 Å². The number of aromatic nitrogens is 4. The quantitative estimate of drug-likeness (QED) is 0.725. The van der Waals surface area contributed by atoms with E-state index in [1.54, 1.807) is 30.5 Å². The molecule has 0 saturated heterocycles. The number of furan rings is 1. The maximum Gasteiger partial charge on any atom is 0.263 e. The molecular weight excluding hydrogens is 306 g/mol. The minimum atomic E-state index is -1.29. The summed E-state index contributed by atoms with van der Waals surface area (Å²) in [4.78, 5) is 12.8. The molecule has 8 nitrogen and oxygen atoms in total. The maximum absolute atomic E-state index is 12.3. The summed E-state index contributed by atoms with van der Waals surface area (Å²) < 4.78 is 6.59. The summed E-state index contributed by atoms with van der Waals surface area (Å²) in [5.74, 6) is 0.0759. The van der Waals surface area contributed by atoms with Gasteiger partial charge in [-0.15, -0.1) is 16.4 Å². The van der Waals surface area contributed by atoms with Crippen LogP contribution in [0.3, 0.4) is 0 Å². The van der Waals surface area contributed by atoms with Gasteiger partial charge < -0.3 is 14.8 Å². The van der Waals surface area contributed by atoms with E-state index in [1.807, 2.05) is 0 Å². The van der Waals surface area contributed by atoms with Crippen LogP contribution in [0.4, 0.5) is 0 Å². The Labute approximate surface area is 129 Å². The fourth-order valence-electron chi connectivity index (χ4n) is 1.93. The number of rotatable bonds is 5. The maximum atomic E-state index is 12.3. The first kappa shape index (κ1) is 14.4. The minimum absolute atomic E-state index is 0.0201. The van der Waals surface area contributed by atoms with Crippen LogP contribution in [0.15, 0.2) is 40.6 Å². The number of tetrazole rings is 1. The second kappa shape index (κ2) is 5.70. The average Bonchev–Trinajstić information content (AvgIpc) is 3.26. The van der Waals surface area contributed by atoms with Crippen molar-refractivity contribution in [3.8, 4) is 5.69 Å². The molecule has 0 saturated carbocycles. The molecule has 0 aromatic carbocycles. The highest BCUT2D eigenvalue weighted by atomic mass is 32.1. The summed E-state index contributed by atoms with van der Waals surface area (Å²) in [6.07, 6.45) is 2.89. The molecule has 3 aromatic heterocycles. The minimum Gasteiger partial charge on any atom is -0.466 e. The van der Waals surface area contributed by atoms with Gasteiger partial charge in [0.2, 0.25) is 0 Å². The van der Waals surface area contributed by atoms with E-state index in [9.17, 15) is 9.90 Å². The molecule has 9 heteroatoms. The molecule has 114 valence electrons. The predicted molar refractivity (Wildman–Crippen MR) is 77.6 cm³/mol. The fourth-order valence-corrected chi connectivity index (χ4v) is 2.72. The number of hydrogen-bond donors (Lipinski definition) is 2. The highest BCUT2D eigenvalue weighted by Gasteiger charge is 2.27. The van der Waals surface area contributed by atoms with Crippen molar-refractivity contribution in [2.45, 2.75) is 12.5 Å². The van der Waals surface area contributed by atoms with E-state index in [0.29, 0.717) is 16.3 Å². The molecule has 0 radical (unpaired) electrons. The molecule has 1 unspecified atom stereocenters. The number of carbonyl (C=O) groups is 1. The number of aliphatic hydroxyl groups is 1. The zero-order valence-electron chi connectivity index (χ0n) is 11.6. The van der Waals surface area contributed by atoms with Gasteiger partial charge in [0.05, 0.1) is 18.5 Å². The third-order valence-corrected chi connectivity index (χ3v) is 3.99. The van der Waals surface area contributed by atoms with Gasteiger partial charge in [-0.1, -0.05) is 0 Å². The van der Waals surface area contributed by atoms with Crippen molar-refractivity contribution in [3.05, 3.63) is 46.8 Å².